The highest BCUT2D eigenvalue weighted by atomic mass is 16.4. The predicted octanol–water partition coefficient (Wildman–Crippen LogP) is 2.65. The van der Waals surface area contributed by atoms with Gasteiger partial charge in [-0.15, -0.1) is 0 Å². The Morgan fingerprint density at radius 1 is 1.11 bits per heavy atom. The van der Waals surface area contributed by atoms with Crippen molar-refractivity contribution >= 4 is 12.0 Å². The van der Waals surface area contributed by atoms with Crippen LogP contribution in [0.4, 0.5) is 0 Å². The summed E-state index contributed by atoms with van der Waals surface area (Å²) in [6.45, 7) is 0. The van der Waals surface area contributed by atoms with Gasteiger partial charge in [-0.05, 0) is 35.4 Å². The number of nitrogens with zero attached hydrogens (tertiary/aromatic N) is 1. The average Bonchev–Trinajstić information content (AvgIpc) is 2.94. The Labute approximate surface area is 110 Å². The van der Waals surface area contributed by atoms with Crippen molar-refractivity contribution in [3.8, 4) is 0 Å². The summed E-state index contributed by atoms with van der Waals surface area (Å²) < 4.78 is 0. The smallest absolute Gasteiger partial charge is 0.336 e. The minimum atomic E-state index is -0.873. The molecule has 0 aromatic heterocycles. The molecule has 0 saturated carbocycles. The Bertz CT molecular complexity index is 724. The van der Waals surface area contributed by atoms with E-state index in [2.05, 4.69) is 23.1 Å². The van der Waals surface area contributed by atoms with Crippen molar-refractivity contribution < 1.29 is 9.90 Å². The molecule has 0 saturated heterocycles. The zero-order chi connectivity index (χ0) is 13.0. The summed E-state index contributed by atoms with van der Waals surface area (Å²) in [5, 5.41) is 9.32. The van der Waals surface area contributed by atoms with Crippen molar-refractivity contribution in [3.63, 3.8) is 0 Å². The second-order valence-electron chi connectivity index (χ2n) is 4.86. The summed E-state index contributed by atoms with van der Waals surface area (Å²) >= 11 is 0. The molecule has 1 aromatic carbocycles. The molecule has 3 heteroatoms. The second-order valence-corrected chi connectivity index (χ2v) is 4.86. The molecular weight excluding hydrogens is 238 g/mol. The summed E-state index contributed by atoms with van der Waals surface area (Å²) in [6.07, 6.45) is 11.6. The quantitative estimate of drug-likeness (QED) is 0.831. The number of carboxylic acids is 1. The van der Waals surface area contributed by atoms with Crippen LogP contribution in [-0.4, -0.2) is 16.0 Å². The van der Waals surface area contributed by atoms with Crippen LogP contribution < -0.4 is 0 Å². The molecule has 0 amide bonds. The van der Waals surface area contributed by atoms with Crippen LogP contribution in [0.5, 0.6) is 0 Å². The molecule has 1 aromatic rings. The minimum absolute atomic E-state index is 0.379. The van der Waals surface area contributed by atoms with Gasteiger partial charge in [0, 0.05) is 18.0 Å². The Balaban J connectivity index is 2.04. The lowest BCUT2D eigenvalue weighted by Crippen LogP contribution is -2.37. The molecule has 1 N–H and O–H groups in total. The van der Waals surface area contributed by atoms with Crippen molar-refractivity contribution in [1.29, 1.82) is 0 Å². The Morgan fingerprint density at radius 3 is 2.74 bits per heavy atom. The highest BCUT2D eigenvalue weighted by molar-refractivity contribution is 5.94. The highest BCUT2D eigenvalue weighted by Crippen LogP contribution is 2.51. The number of rotatable bonds is 1. The van der Waals surface area contributed by atoms with E-state index in [9.17, 15) is 9.90 Å². The molecule has 19 heavy (non-hydrogen) atoms. The molecule has 1 unspecified atom stereocenters. The lowest BCUT2D eigenvalue weighted by molar-refractivity contribution is -0.132. The maximum absolute atomic E-state index is 11.3. The van der Waals surface area contributed by atoms with Crippen LogP contribution >= 0.6 is 0 Å². The number of carboxylic acid groups (broad SMARTS) is 1. The third-order valence-corrected chi connectivity index (χ3v) is 4.02. The van der Waals surface area contributed by atoms with Gasteiger partial charge in [-0.1, -0.05) is 24.3 Å². The third kappa shape index (κ3) is 1.10. The zero-order valence-corrected chi connectivity index (χ0v) is 10.1. The molecule has 3 aliphatic rings. The third-order valence-electron chi connectivity index (χ3n) is 4.02. The normalized spacial score (nSPS) is 25.6. The number of aliphatic carboxylic acids is 1. The molecule has 4 rings (SSSR count). The van der Waals surface area contributed by atoms with Crippen LogP contribution in [0.1, 0.15) is 11.1 Å². The molecule has 0 bridgehead atoms. The van der Waals surface area contributed by atoms with E-state index < -0.39 is 11.5 Å². The van der Waals surface area contributed by atoms with Gasteiger partial charge in [-0.3, -0.25) is 0 Å². The molecular formula is C16H11NO2. The molecule has 1 spiro atoms. The lowest BCUT2D eigenvalue weighted by Gasteiger charge is -2.38. The predicted molar refractivity (Wildman–Crippen MR) is 71.9 cm³/mol. The zero-order valence-electron chi connectivity index (χ0n) is 10.1. The molecule has 1 atom stereocenters. The average molecular weight is 249 g/mol. The molecule has 2 aliphatic heterocycles. The van der Waals surface area contributed by atoms with Gasteiger partial charge in [0.2, 0.25) is 0 Å². The highest BCUT2D eigenvalue weighted by Gasteiger charge is 2.47. The molecule has 1 aliphatic carbocycles. The van der Waals surface area contributed by atoms with Gasteiger partial charge in [-0.2, -0.15) is 0 Å². The first-order valence-electron chi connectivity index (χ1n) is 6.15. The summed E-state index contributed by atoms with van der Waals surface area (Å²) in [5.41, 5.74) is 3.03. The van der Waals surface area contributed by atoms with Gasteiger partial charge in [0.05, 0.1) is 5.57 Å². The molecule has 92 valence electrons. The first-order valence-corrected chi connectivity index (χ1v) is 6.15. The van der Waals surface area contributed by atoms with Gasteiger partial charge < -0.3 is 10.0 Å². The van der Waals surface area contributed by atoms with Crippen molar-refractivity contribution in [2.75, 3.05) is 0 Å². The minimum Gasteiger partial charge on any atom is -0.478 e. The van der Waals surface area contributed by atoms with E-state index in [1.54, 1.807) is 6.08 Å². The Kier molecular flexibility index (Phi) is 1.78. The Morgan fingerprint density at radius 2 is 1.89 bits per heavy atom. The molecule has 0 radical (unpaired) electrons. The maximum atomic E-state index is 11.3. The van der Waals surface area contributed by atoms with Crippen molar-refractivity contribution in [2.45, 2.75) is 5.54 Å². The topological polar surface area (TPSA) is 40.5 Å². The van der Waals surface area contributed by atoms with Crippen LogP contribution in [0.25, 0.3) is 6.08 Å². The van der Waals surface area contributed by atoms with E-state index in [4.69, 9.17) is 0 Å². The number of benzene rings is 1. The summed E-state index contributed by atoms with van der Waals surface area (Å²) in [4.78, 5) is 13.4. The summed E-state index contributed by atoms with van der Waals surface area (Å²) in [5.74, 6) is -0.873. The first-order chi connectivity index (χ1) is 9.23. The van der Waals surface area contributed by atoms with Gasteiger partial charge in [0.15, 0.2) is 0 Å². The van der Waals surface area contributed by atoms with Crippen molar-refractivity contribution in [3.05, 3.63) is 77.2 Å². The van der Waals surface area contributed by atoms with Crippen LogP contribution in [0.15, 0.2) is 66.0 Å². The van der Waals surface area contributed by atoms with E-state index >= 15 is 0 Å². The fourth-order valence-corrected chi connectivity index (χ4v) is 3.18. The Hall–Kier alpha value is -2.55. The fraction of sp³-hybridized carbons (Fsp3) is 0.0625. The maximum Gasteiger partial charge on any atom is 0.336 e. The molecule has 3 nitrogen and oxygen atoms in total. The van der Waals surface area contributed by atoms with Crippen molar-refractivity contribution in [2.24, 2.45) is 0 Å². The van der Waals surface area contributed by atoms with Crippen LogP contribution in [0.2, 0.25) is 0 Å². The number of carbonyl (C=O) groups is 1. The summed E-state index contributed by atoms with van der Waals surface area (Å²) in [6, 6.07) is 8.11. The molecule has 0 fully saturated rings. The van der Waals surface area contributed by atoms with Crippen LogP contribution in [0.3, 0.4) is 0 Å². The van der Waals surface area contributed by atoms with E-state index in [1.807, 2.05) is 36.7 Å². The largest absolute Gasteiger partial charge is 0.478 e. The monoisotopic (exact) mass is 249 g/mol. The SMILES string of the molecule is O=C(O)C1=C2C=CN3C=Cc4ccccc4C23C=C1. The van der Waals surface area contributed by atoms with Crippen LogP contribution in [0, 0.1) is 0 Å². The van der Waals surface area contributed by atoms with Crippen molar-refractivity contribution in [1.82, 2.24) is 4.90 Å². The van der Waals surface area contributed by atoms with Gasteiger partial charge in [-0.25, -0.2) is 4.79 Å². The van der Waals surface area contributed by atoms with E-state index in [0.717, 1.165) is 16.7 Å². The first kappa shape index (κ1) is 10.4. The number of fused-ring (bicyclic) bond motifs is 1. The number of hydrogen-bond acceptors (Lipinski definition) is 2. The van der Waals surface area contributed by atoms with Gasteiger partial charge >= 0.3 is 5.97 Å². The van der Waals surface area contributed by atoms with Crippen LogP contribution in [-0.2, 0) is 10.3 Å². The van der Waals surface area contributed by atoms with E-state index in [-0.39, 0.29) is 0 Å². The van der Waals surface area contributed by atoms with Gasteiger partial charge in [0.1, 0.15) is 5.54 Å². The summed E-state index contributed by atoms with van der Waals surface area (Å²) in [7, 11) is 0. The van der Waals surface area contributed by atoms with E-state index in [1.165, 1.54) is 0 Å². The van der Waals surface area contributed by atoms with E-state index in [0.29, 0.717) is 5.57 Å². The second kappa shape index (κ2) is 3.26. The fourth-order valence-electron chi connectivity index (χ4n) is 3.18. The standard InChI is InChI=1S/C16H11NO2/c18-15(19)12-5-8-16-13-4-2-1-3-11(13)6-9-17(16)10-7-14(12)16/h1-10H,(H,18,19). The lowest BCUT2D eigenvalue weighted by atomic mass is 9.80. The number of hydrogen-bond donors (Lipinski definition) is 1. The van der Waals surface area contributed by atoms with Gasteiger partial charge in [0.25, 0.3) is 0 Å². The molecule has 2 heterocycles.